The summed E-state index contributed by atoms with van der Waals surface area (Å²) in [7, 11) is 0. The summed E-state index contributed by atoms with van der Waals surface area (Å²) in [6, 6.07) is 14.7. The molecule has 0 radical (unpaired) electrons. The van der Waals surface area contributed by atoms with Gasteiger partial charge in [-0.1, -0.05) is 42.5 Å². The molecule has 0 N–H and O–H groups in total. The highest BCUT2D eigenvalue weighted by atomic mass is 16.1. The Kier molecular flexibility index (Phi) is 2.29. The van der Waals surface area contributed by atoms with Gasteiger partial charge in [0.15, 0.2) is 0 Å². The summed E-state index contributed by atoms with van der Waals surface area (Å²) < 4.78 is 0. The van der Waals surface area contributed by atoms with Gasteiger partial charge in [-0.25, -0.2) is 0 Å². The third-order valence-electron chi connectivity index (χ3n) is 4.08. The van der Waals surface area contributed by atoms with Gasteiger partial charge < -0.3 is 0 Å². The molecule has 1 heteroatoms. The van der Waals surface area contributed by atoms with Crippen LogP contribution in [0, 0.1) is 0 Å². The standard InChI is InChI=1S/C16H16O/c1-16(10-4-7-15(16)17)14-9-8-12-5-2-3-6-13(12)11-14/h2-3,5-6,8-9,11H,4,7,10H2,1H3/t16-/m0/s1. The maximum Gasteiger partial charge on any atom is 0.143 e. The lowest BCUT2D eigenvalue weighted by atomic mass is 9.79. The highest BCUT2D eigenvalue weighted by Crippen LogP contribution is 2.38. The van der Waals surface area contributed by atoms with Crippen molar-refractivity contribution < 1.29 is 4.79 Å². The van der Waals surface area contributed by atoms with E-state index >= 15 is 0 Å². The first-order chi connectivity index (χ1) is 8.20. The Morgan fingerprint density at radius 3 is 2.53 bits per heavy atom. The molecule has 0 unspecified atom stereocenters. The minimum absolute atomic E-state index is 0.246. The fraction of sp³-hybridized carbons (Fsp3) is 0.312. The van der Waals surface area contributed by atoms with Crippen LogP contribution >= 0.6 is 0 Å². The maximum atomic E-state index is 12.0. The summed E-state index contributed by atoms with van der Waals surface area (Å²) >= 11 is 0. The van der Waals surface area contributed by atoms with Crippen LogP contribution in [0.25, 0.3) is 10.8 Å². The Morgan fingerprint density at radius 2 is 1.82 bits per heavy atom. The molecule has 0 saturated heterocycles. The van der Waals surface area contributed by atoms with Crippen molar-refractivity contribution in [1.29, 1.82) is 0 Å². The first-order valence-electron chi connectivity index (χ1n) is 6.23. The van der Waals surface area contributed by atoms with E-state index in [1.54, 1.807) is 0 Å². The van der Waals surface area contributed by atoms with Gasteiger partial charge in [-0.2, -0.15) is 0 Å². The van der Waals surface area contributed by atoms with E-state index in [-0.39, 0.29) is 5.41 Å². The van der Waals surface area contributed by atoms with Crippen LogP contribution in [0.4, 0.5) is 0 Å². The maximum absolute atomic E-state index is 12.0. The highest BCUT2D eigenvalue weighted by Gasteiger charge is 2.38. The third-order valence-corrected chi connectivity index (χ3v) is 4.08. The van der Waals surface area contributed by atoms with E-state index in [1.165, 1.54) is 16.3 Å². The summed E-state index contributed by atoms with van der Waals surface area (Å²) in [5, 5.41) is 2.47. The Labute approximate surface area is 101 Å². The summed E-state index contributed by atoms with van der Waals surface area (Å²) in [5.41, 5.74) is 0.933. The second kappa shape index (κ2) is 3.69. The lowest BCUT2D eigenvalue weighted by molar-refractivity contribution is -0.121. The third kappa shape index (κ3) is 1.57. The topological polar surface area (TPSA) is 17.1 Å². The van der Waals surface area contributed by atoms with Crippen molar-refractivity contribution in [3.63, 3.8) is 0 Å². The molecule has 2 aromatic rings. The summed E-state index contributed by atoms with van der Waals surface area (Å²) in [6.07, 6.45) is 2.76. The largest absolute Gasteiger partial charge is 0.299 e. The van der Waals surface area contributed by atoms with Crippen molar-refractivity contribution in [3.8, 4) is 0 Å². The van der Waals surface area contributed by atoms with E-state index in [4.69, 9.17) is 0 Å². The van der Waals surface area contributed by atoms with Gasteiger partial charge >= 0.3 is 0 Å². The molecular weight excluding hydrogens is 208 g/mol. The first kappa shape index (κ1) is 10.5. The minimum Gasteiger partial charge on any atom is -0.299 e. The smallest absolute Gasteiger partial charge is 0.143 e. The Morgan fingerprint density at radius 1 is 1.06 bits per heavy atom. The SMILES string of the molecule is C[C@@]1(c2ccc3ccccc3c2)CCCC1=O. The van der Waals surface area contributed by atoms with Crippen molar-refractivity contribution in [2.45, 2.75) is 31.6 Å². The molecule has 1 aliphatic carbocycles. The minimum atomic E-state index is -0.246. The van der Waals surface area contributed by atoms with Gasteiger partial charge in [0.1, 0.15) is 5.78 Å². The Balaban J connectivity index is 2.15. The van der Waals surface area contributed by atoms with Gasteiger partial charge in [0.2, 0.25) is 0 Å². The molecule has 0 spiro atoms. The fourth-order valence-electron chi connectivity index (χ4n) is 2.86. The number of Topliss-reactive ketones (excluding diaryl/α,β-unsaturated/α-hetero) is 1. The molecule has 0 amide bonds. The lowest BCUT2D eigenvalue weighted by Crippen LogP contribution is -2.26. The van der Waals surface area contributed by atoms with Gasteiger partial charge in [-0.3, -0.25) is 4.79 Å². The van der Waals surface area contributed by atoms with Gasteiger partial charge in [0.05, 0.1) is 5.41 Å². The van der Waals surface area contributed by atoms with Gasteiger partial charge in [-0.05, 0) is 36.1 Å². The number of hydrogen-bond acceptors (Lipinski definition) is 1. The van der Waals surface area contributed by atoms with Gasteiger partial charge in [-0.15, -0.1) is 0 Å². The molecule has 0 aliphatic heterocycles. The number of hydrogen-bond donors (Lipinski definition) is 0. The van der Waals surface area contributed by atoms with E-state index in [2.05, 4.69) is 37.3 Å². The van der Waals surface area contributed by atoms with Crippen molar-refractivity contribution in [2.75, 3.05) is 0 Å². The van der Waals surface area contributed by atoms with Crippen LogP contribution in [0.5, 0.6) is 0 Å². The predicted octanol–water partition coefficient (Wildman–Crippen LogP) is 3.85. The number of carbonyl (C=O) groups excluding carboxylic acids is 1. The van der Waals surface area contributed by atoms with Crippen LogP contribution in [0.3, 0.4) is 0 Å². The van der Waals surface area contributed by atoms with Crippen molar-refractivity contribution in [2.24, 2.45) is 0 Å². The number of fused-ring (bicyclic) bond motifs is 1. The Bertz CT molecular complexity index is 585. The molecule has 17 heavy (non-hydrogen) atoms. The normalized spacial score (nSPS) is 24.4. The number of ketones is 1. The number of benzene rings is 2. The average molecular weight is 224 g/mol. The monoisotopic (exact) mass is 224 g/mol. The van der Waals surface area contributed by atoms with E-state index < -0.39 is 0 Å². The van der Waals surface area contributed by atoms with Gasteiger partial charge in [0.25, 0.3) is 0 Å². The lowest BCUT2D eigenvalue weighted by Gasteiger charge is -2.22. The van der Waals surface area contributed by atoms with Crippen LogP contribution in [0.1, 0.15) is 31.7 Å². The molecular formula is C16H16O. The number of rotatable bonds is 1. The molecule has 2 aromatic carbocycles. The summed E-state index contributed by atoms with van der Waals surface area (Å²) in [4.78, 5) is 12.0. The molecule has 86 valence electrons. The van der Waals surface area contributed by atoms with Crippen molar-refractivity contribution in [3.05, 3.63) is 48.0 Å². The van der Waals surface area contributed by atoms with E-state index in [0.29, 0.717) is 5.78 Å². The zero-order chi connectivity index (χ0) is 11.9. The number of carbonyl (C=O) groups is 1. The van der Waals surface area contributed by atoms with Crippen LogP contribution < -0.4 is 0 Å². The van der Waals surface area contributed by atoms with E-state index in [1.807, 2.05) is 12.1 Å². The molecule has 0 heterocycles. The molecule has 0 bridgehead atoms. The first-order valence-corrected chi connectivity index (χ1v) is 6.23. The van der Waals surface area contributed by atoms with Crippen molar-refractivity contribution >= 4 is 16.6 Å². The Hall–Kier alpha value is -1.63. The van der Waals surface area contributed by atoms with E-state index in [9.17, 15) is 4.79 Å². The van der Waals surface area contributed by atoms with E-state index in [0.717, 1.165) is 19.3 Å². The van der Waals surface area contributed by atoms with Crippen LogP contribution in [-0.2, 0) is 10.2 Å². The van der Waals surface area contributed by atoms with Gasteiger partial charge in [0, 0.05) is 6.42 Å². The molecule has 1 aliphatic rings. The molecule has 0 aromatic heterocycles. The average Bonchev–Trinajstić information content (AvgIpc) is 2.70. The van der Waals surface area contributed by atoms with Crippen LogP contribution in [-0.4, -0.2) is 5.78 Å². The highest BCUT2D eigenvalue weighted by molar-refractivity contribution is 5.93. The molecule has 1 nitrogen and oxygen atoms in total. The summed E-state index contributed by atoms with van der Waals surface area (Å²) in [5.74, 6) is 0.396. The molecule has 3 rings (SSSR count). The molecule has 1 fully saturated rings. The second-order valence-corrected chi connectivity index (χ2v) is 5.17. The molecule has 1 saturated carbocycles. The van der Waals surface area contributed by atoms with Crippen LogP contribution in [0.15, 0.2) is 42.5 Å². The quantitative estimate of drug-likeness (QED) is 0.719. The zero-order valence-corrected chi connectivity index (χ0v) is 10.1. The van der Waals surface area contributed by atoms with Crippen molar-refractivity contribution in [1.82, 2.24) is 0 Å². The zero-order valence-electron chi connectivity index (χ0n) is 10.1. The summed E-state index contributed by atoms with van der Waals surface area (Å²) in [6.45, 7) is 2.09. The fourth-order valence-corrected chi connectivity index (χ4v) is 2.86. The second-order valence-electron chi connectivity index (χ2n) is 5.17. The predicted molar refractivity (Wildman–Crippen MR) is 70.2 cm³/mol. The van der Waals surface area contributed by atoms with Crippen LogP contribution in [0.2, 0.25) is 0 Å². The molecule has 1 atom stereocenters.